The maximum absolute atomic E-state index is 12.1. The number of amides is 1. The maximum Gasteiger partial charge on any atom is 0.251 e. The Kier molecular flexibility index (Phi) is 6.24. The Morgan fingerprint density at radius 2 is 1.90 bits per heavy atom. The number of hydrogen-bond acceptors (Lipinski definition) is 2. The van der Waals surface area contributed by atoms with Crippen LogP contribution in [0.4, 0.5) is 0 Å². The predicted molar refractivity (Wildman–Crippen MR) is 85.5 cm³/mol. The number of benzene rings is 1. The molecule has 116 valence electrons. The predicted octanol–water partition coefficient (Wildman–Crippen LogP) is 3.48. The van der Waals surface area contributed by atoms with Crippen molar-refractivity contribution >= 4 is 5.91 Å². The molecule has 21 heavy (non-hydrogen) atoms. The van der Waals surface area contributed by atoms with Crippen LogP contribution in [0.25, 0.3) is 0 Å². The fraction of sp³-hybridized carbons (Fsp3) is 0.611. The highest BCUT2D eigenvalue weighted by Gasteiger charge is 2.16. The van der Waals surface area contributed by atoms with Crippen molar-refractivity contribution in [3.8, 4) is 0 Å². The molecule has 1 aliphatic carbocycles. The molecule has 1 fully saturated rings. The summed E-state index contributed by atoms with van der Waals surface area (Å²) in [6, 6.07) is 8.11. The zero-order valence-corrected chi connectivity index (χ0v) is 13.0. The number of nitrogens with one attached hydrogen (secondary N) is 1. The van der Waals surface area contributed by atoms with E-state index in [9.17, 15) is 4.79 Å². The van der Waals surface area contributed by atoms with Crippen molar-refractivity contribution in [1.82, 2.24) is 5.32 Å². The molecule has 1 aromatic rings. The van der Waals surface area contributed by atoms with Crippen LogP contribution in [-0.2, 0) is 0 Å². The zero-order valence-electron chi connectivity index (χ0n) is 13.0. The highest BCUT2D eigenvalue weighted by atomic mass is 16.3. The maximum atomic E-state index is 12.1. The summed E-state index contributed by atoms with van der Waals surface area (Å²) in [5, 5.41) is 11.8. The normalized spacial score (nSPS) is 17.4. The minimum Gasteiger partial charge on any atom is -0.396 e. The number of hydrogen-bond donors (Lipinski definition) is 2. The van der Waals surface area contributed by atoms with E-state index in [1.54, 1.807) is 0 Å². The van der Waals surface area contributed by atoms with Gasteiger partial charge in [-0.1, -0.05) is 38.3 Å². The minimum absolute atomic E-state index is 0.0185. The van der Waals surface area contributed by atoms with Gasteiger partial charge >= 0.3 is 0 Å². The van der Waals surface area contributed by atoms with Crippen LogP contribution >= 0.6 is 0 Å². The summed E-state index contributed by atoms with van der Waals surface area (Å²) in [4.78, 5) is 12.1. The number of carbonyl (C=O) groups excluding carboxylic acids is 1. The minimum atomic E-state index is -0.0185. The summed E-state index contributed by atoms with van der Waals surface area (Å²) in [5.74, 6) is 0.968. The largest absolute Gasteiger partial charge is 0.396 e. The molecule has 0 aliphatic heterocycles. The van der Waals surface area contributed by atoms with Crippen molar-refractivity contribution in [2.45, 2.75) is 51.4 Å². The van der Waals surface area contributed by atoms with Gasteiger partial charge in [0.1, 0.15) is 0 Å². The fourth-order valence-electron chi connectivity index (χ4n) is 3.03. The Morgan fingerprint density at radius 1 is 1.24 bits per heavy atom. The van der Waals surface area contributed by atoms with Gasteiger partial charge in [0.05, 0.1) is 0 Å². The molecule has 3 nitrogen and oxygen atoms in total. The molecule has 1 aromatic carbocycles. The van der Waals surface area contributed by atoms with Crippen LogP contribution in [0.3, 0.4) is 0 Å². The third-order valence-electron chi connectivity index (χ3n) is 4.48. The van der Waals surface area contributed by atoms with E-state index in [1.807, 2.05) is 19.1 Å². The lowest BCUT2D eigenvalue weighted by Gasteiger charge is -2.22. The molecule has 0 radical (unpaired) electrons. The second-order valence-corrected chi connectivity index (χ2v) is 6.28. The molecule has 0 heterocycles. The number of aliphatic hydroxyl groups is 1. The fourth-order valence-corrected chi connectivity index (χ4v) is 3.03. The van der Waals surface area contributed by atoms with Crippen LogP contribution in [0, 0.1) is 5.92 Å². The first-order valence-corrected chi connectivity index (χ1v) is 8.19. The van der Waals surface area contributed by atoms with Gasteiger partial charge in [-0.05, 0) is 48.8 Å². The second-order valence-electron chi connectivity index (χ2n) is 6.28. The average Bonchev–Trinajstić information content (AvgIpc) is 2.54. The smallest absolute Gasteiger partial charge is 0.251 e. The summed E-state index contributed by atoms with van der Waals surface area (Å²) in [7, 11) is 0. The summed E-state index contributed by atoms with van der Waals surface area (Å²) in [6.45, 7) is 2.82. The molecule has 0 saturated heterocycles. The molecule has 1 atom stereocenters. The Bertz CT molecular complexity index is 435. The summed E-state index contributed by atoms with van der Waals surface area (Å²) < 4.78 is 0. The first kappa shape index (κ1) is 16.0. The Morgan fingerprint density at radius 3 is 2.52 bits per heavy atom. The standard InChI is InChI=1S/C18H27NO2/c1-14(11-12-20)13-19-18(21)17-9-7-16(8-10-17)15-5-3-2-4-6-15/h7-10,14-15,20H,2-6,11-13H2,1H3,(H,19,21). The van der Waals surface area contributed by atoms with Gasteiger partial charge in [-0.25, -0.2) is 0 Å². The van der Waals surface area contributed by atoms with Crippen molar-refractivity contribution in [3.05, 3.63) is 35.4 Å². The Labute approximate surface area is 127 Å². The molecule has 1 unspecified atom stereocenters. The summed E-state index contributed by atoms with van der Waals surface area (Å²) in [6.07, 6.45) is 7.31. The zero-order chi connectivity index (χ0) is 15.1. The van der Waals surface area contributed by atoms with Gasteiger partial charge in [0.15, 0.2) is 0 Å². The Hall–Kier alpha value is -1.35. The molecule has 1 saturated carbocycles. The van der Waals surface area contributed by atoms with Crippen molar-refractivity contribution in [1.29, 1.82) is 0 Å². The third-order valence-corrected chi connectivity index (χ3v) is 4.48. The lowest BCUT2D eigenvalue weighted by Crippen LogP contribution is -2.28. The highest BCUT2D eigenvalue weighted by molar-refractivity contribution is 5.94. The average molecular weight is 289 g/mol. The number of rotatable bonds is 6. The van der Waals surface area contributed by atoms with Gasteiger partial charge in [0.2, 0.25) is 0 Å². The van der Waals surface area contributed by atoms with Crippen LogP contribution in [0.2, 0.25) is 0 Å². The topological polar surface area (TPSA) is 49.3 Å². The van der Waals surface area contributed by atoms with Crippen LogP contribution in [0.1, 0.15) is 67.3 Å². The number of aliphatic hydroxyl groups excluding tert-OH is 1. The van der Waals surface area contributed by atoms with Gasteiger partial charge in [0, 0.05) is 18.7 Å². The van der Waals surface area contributed by atoms with E-state index in [0.29, 0.717) is 18.4 Å². The van der Waals surface area contributed by atoms with Gasteiger partial charge < -0.3 is 10.4 Å². The van der Waals surface area contributed by atoms with Crippen LogP contribution in [0.15, 0.2) is 24.3 Å². The molecular weight excluding hydrogens is 262 g/mol. The first-order chi connectivity index (χ1) is 10.2. The quantitative estimate of drug-likeness (QED) is 0.842. The van der Waals surface area contributed by atoms with Crippen molar-refractivity contribution in [2.24, 2.45) is 5.92 Å². The third kappa shape index (κ3) is 4.85. The summed E-state index contributed by atoms with van der Waals surface area (Å²) in [5.41, 5.74) is 2.10. The van der Waals surface area contributed by atoms with E-state index in [0.717, 1.165) is 12.0 Å². The molecule has 0 spiro atoms. The molecule has 1 aliphatic rings. The number of carbonyl (C=O) groups is 1. The van der Waals surface area contributed by atoms with Gasteiger partial charge in [-0.15, -0.1) is 0 Å². The molecule has 3 heteroatoms. The lowest BCUT2D eigenvalue weighted by molar-refractivity contribution is 0.0945. The molecular formula is C18H27NO2. The summed E-state index contributed by atoms with van der Waals surface area (Å²) >= 11 is 0. The molecule has 1 amide bonds. The van der Waals surface area contributed by atoms with Gasteiger partial charge in [-0.2, -0.15) is 0 Å². The van der Waals surface area contributed by atoms with E-state index < -0.39 is 0 Å². The second kappa shape index (κ2) is 8.18. The van der Waals surface area contributed by atoms with E-state index in [4.69, 9.17) is 5.11 Å². The van der Waals surface area contributed by atoms with E-state index in [2.05, 4.69) is 17.4 Å². The monoisotopic (exact) mass is 289 g/mol. The SMILES string of the molecule is CC(CCO)CNC(=O)c1ccc(C2CCCCC2)cc1. The van der Waals surface area contributed by atoms with Gasteiger partial charge in [-0.3, -0.25) is 4.79 Å². The highest BCUT2D eigenvalue weighted by Crippen LogP contribution is 2.32. The molecule has 2 N–H and O–H groups in total. The van der Waals surface area contributed by atoms with E-state index >= 15 is 0 Å². The molecule has 0 aromatic heterocycles. The van der Waals surface area contributed by atoms with Crippen molar-refractivity contribution in [3.63, 3.8) is 0 Å². The van der Waals surface area contributed by atoms with Crippen molar-refractivity contribution in [2.75, 3.05) is 13.2 Å². The van der Waals surface area contributed by atoms with Gasteiger partial charge in [0.25, 0.3) is 5.91 Å². The van der Waals surface area contributed by atoms with Crippen LogP contribution in [-0.4, -0.2) is 24.2 Å². The molecule has 2 rings (SSSR count). The van der Waals surface area contributed by atoms with Crippen LogP contribution < -0.4 is 5.32 Å². The van der Waals surface area contributed by atoms with E-state index in [1.165, 1.54) is 37.7 Å². The van der Waals surface area contributed by atoms with Crippen molar-refractivity contribution < 1.29 is 9.90 Å². The Balaban J connectivity index is 1.87. The van der Waals surface area contributed by atoms with Crippen LogP contribution in [0.5, 0.6) is 0 Å². The first-order valence-electron chi connectivity index (χ1n) is 8.19. The lowest BCUT2D eigenvalue weighted by atomic mass is 9.84. The van der Waals surface area contributed by atoms with E-state index in [-0.39, 0.29) is 12.5 Å². The molecule has 0 bridgehead atoms.